The van der Waals surface area contributed by atoms with Gasteiger partial charge in [0, 0.05) is 6.42 Å². The molecular weight excluding hydrogens is 248 g/mol. The second-order valence-corrected chi connectivity index (χ2v) is 5.73. The molecule has 0 aliphatic carbocycles. The van der Waals surface area contributed by atoms with Gasteiger partial charge in [0.2, 0.25) is 0 Å². The summed E-state index contributed by atoms with van der Waals surface area (Å²) in [6.45, 7) is 2.26. The number of rotatable bonds is 15. The van der Waals surface area contributed by atoms with Gasteiger partial charge < -0.3 is 5.11 Å². The minimum absolute atomic E-state index is 0.327. The Labute approximate surface area is 125 Å². The first-order valence-electron chi connectivity index (χ1n) is 8.64. The van der Waals surface area contributed by atoms with Crippen molar-refractivity contribution >= 4 is 5.97 Å². The molecule has 0 bridgehead atoms. The highest BCUT2D eigenvalue weighted by atomic mass is 16.4. The zero-order valence-corrected chi connectivity index (χ0v) is 13.4. The van der Waals surface area contributed by atoms with E-state index in [1.54, 1.807) is 0 Å². The number of aliphatic carboxylic acids is 1. The van der Waals surface area contributed by atoms with E-state index in [0.717, 1.165) is 25.7 Å². The second-order valence-electron chi connectivity index (χ2n) is 5.73. The van der Waals surface area contributed by atoms with E-state index >= 15 is 0 Å². The molecule has 1 N–H and O–H groups in total. The van der Waals surface area contributed by atoms with Crippen molar-refractivity contribution in [2.24, 2.45) is 0 Å². The molecule has 0 fully saturated rings. The minimum Gasteiger partial charge on any atom is -0.481 e. The summed E-state index contributed by atoms with van der Waals surface area (Å²) >= 11 is 0. The summed E-state index contributed by atoms with van der Waals surface area (Å²) in [6, 6.07) is 0. The molecular formula is C18H34O2. The number of allylic oxidation sites excluding steroid dienone is 2. The first-order chi connectivity index (χ1) is 9.77. The Balaban J connectivity index is 3.07. The lowest BCUT2D eigenvalue weighted by molar-refractivity contribution is -0.137. The molecule has 0 aromatic heterocycles. The van der Waals surface area contributed by atoms with Crippen molar-refractivity contribution in [3.63, 3.8) is 0 Å². The zero-order valence-electron chi connectivity index (χ0n) is 13.4. The Bertz CT molecular complexity index is 234. The van der Waals surface area contributed by atoms with Crippen LogP contribution in [-0.4, -0.2) is 11.1 Å². The molecule has 0 saturated heterocycles. The van der Waals surface area contributed by atoms with Crippen LogP contribution in [0.5, 0.6) is 0 Å². The van der Waals surface area contributed by atoms with E-state index in [9.17, 15) is 4.79 Å². The van der Waals surface area contributed by atoms with E-state index in [1.165, 1.54) is 57.8 Å². The largest absolute Gasteiger partial charge is 0.481 e. The third kappa shape index (κ3) is 17.2. The van der Waals surface area contributed by atoms with Crippen molar-refractivity contribution in [1.29, 1.82) is 0 Å². The number of unbranched alkanes of at least 4 members (excludes halogenated alkanes) is 11. The maximum Gasteiger partial charge on any atom is 0.303 e. The average molecular weight is 282 g/mol. The summed E-state index contributed by atoms with van der Waals surface area (Å²) in [4.78, 5) is 10.3. The average Bonchev–Trinajstić information content (AvgIpc) is 2.43. The molecule has 0 aliphatic rings. The van der Waals surface area contributed by atoms with Crippen molar-refractivity contribution in [2.75, 3.05) is 0 Å². The first-order valence-corrected chi connectivity index (χ1v) is 8.64. The summed E-state index contributed by atoms with van der Waals surface area (Å²) in [6.07, 6.45) is 21.2. The molecule has 2 heteroatoms. The molecule has 0 heterocycles. The molecule has 0 amide bonds. The van der Waals surface area contributed by atoms with Gasteiger partial charge in [-0.3, -0.25) is 4.79 Å². The first kappa shape index (κ1) is 19.2. The van der Waals surface area contributed by atoms with Gasteiger partial charge in [-0.05, 0) is 32.1 Å². The van der Waals surface area contributed by atoms with Gasteiger partial charge in [-0.1, -0.05) is 70.4 Å². The number of carbonyl (C=O) groups is 1. The maximum atomic E-state index is 10.3. The fraction of sp³-hybridized carbons (Fsp3) is 0.833. The van der Waals surface area contributed by atoms with Gasteiger partial charge in [-0.15, -0.1) is 0 Å². The quantitative estimate of drug-likeness (QED) is 0.291. The molecule has 0 spiro atoms. The van der Waals surface area contributed by atoms with Crippen LogP contribution < -0.4 is 0 Å². The van der Waals surface area contributed by atoms with Crippen LogP contribution in [0.1, 0.15) is 96.8 Å². The summed E-state index contributed by atoms with van der Waals surface area (Å²) < 4.78 is 0. The third-order valence-electron chi connectivity index (χ3n) is 3.65. The van der Waals surface area contributed by atoms with Crippen LogP contribution in [0.3, 0.4) is 0 Å². The highest BCUT2D eigenvalue weighted by molar-refractivity contribution is 5.66. The molecule has 0 aliphatic heterocycles. The maximum absolute atomic E-state index is 10.3. The lowest BCUT2D eigenvalue weighted by Crippen LogP contribution is -1.93. The Morgan fingerprint density at radius 1 is 0.750 bits per heavy atom. The van der Waals surface area contributed by atoms with E-state index in [-0.39, 0.29) is 0 Å². The van der Waals surface area contributed by atoms with Crippen molar-refractivity contribution in [2.45, 2.75) is 96.8 Å². The fourth-order valence-electron chi connectivity index (χ4n) is 2.35. The van der Waals surface area contributed by atoms with Gasteiger partial charge in [0.1, 0.15) is 0 Å². The predicted molar refractivity (Wildman–Crippen MR) is 87.1 cm³/mol. The molecule has 0 aromatic carbocycles. The van der Waals surface area contributed by atoms with Gasteiger partial charge in [0.25, 0.3) is 0 Å². The molecule has 0 unspecified atom stereocenters. The lowest BCUT2D eigenvalue weighted by atomic mass is 10.1. The smallest absolute Gasteiger partial charge is 0.303 e. The topological polar surface area (TPSA) is 37.3 Å². The van der Waals surface area contributed by atoms with Gasteiger partial charge in [0.15, 0.2) is 0 Å². The van der Waals surface area contributed by atoms with Crippen molar-refractivity contribution in [3.05, 3.63) is 12.2 Å². The van der Waals surface area contributed by atoms with Gasteiger partial charge in [-0.25, -0.2) is 0 Å². The Morgan fingerprint density at radius 2 is 1.20 bits per heavy atom. The van der Waals surface area contributed by atoms with Crippen molar-refractivity contribution in [1.82, 2.24) is 0 Å². The van der Waals surface area contributed by atoms with E-state index in [4.69, 9.17) is 5.11 Å². The summed E-state index contributed by atoms with van der Waals surface area (Å²) in [5.74, 6) is -0.667. The highest BCUT2D eigenvalue weighted by Gasteiger charge is 1.95. The molecule has 20 heavy (non-hydrogen) atoms. The lowest BCUT2D eigenvalue weighted by Gasteiger charge is -1.99. The van der Waals surface area contributed by atoms with E-state index < -0.39 is 5.97 Å². The molecule has 0 aromatic rings. The van der Waals surface area contributed by atoms with E-state index in [1.807, 2.05) is 0 Å². The van der Waals surface area contributed by atoms with Crippen LogP contribution >= 0.6 is 0 Å². The van der Waals surface area contributed by atoms with Crippen LogP contribution in [0, 0.1) is 0 Å². The van der Waals surface area contributed by atoms with Crippen LogP contribution in [-0.2, 0) is 4.79 Å². The van der Waals surface area contributed by atoms with Crippen molar-refractivity contribution < 1.29 is 9.90 Å². The molecule has 118 valence electrons. The van der Waals surface area contributed by atoms with Gasteiger partial charge >= 0.3 is 5.97 Å². The summed E-state index contributed by atoms with van der Waals surface area (Å²) in [7, 11) is 0. The SMILES string of the molecule is CCCCCCCCC/C=C\CCCCCCC(=O)O. The third-order valence-corrected chi connectivity index (χ3v) is 3.65. The summed E-state index contributed by atoms with van der Waals surface area (Å²) in [5.41, 5.74) is 0. The normalized spacial score (nSPS) is 11.2. The van der Waals surface area contributed by atoms with Crippen LogP contribution in [0.15, 0.2) is 12.2 Å². The van der Waals surface area contributed by atoms with Crippen molar-refractivity contribution in [3.8, 4) is 0 Å². The summed E-state index contributed by atoms with van der Waals surface area (Å²) in [5, 5.41) is 8.51. The standard InChI is InChI=1S/C18H34O2/c1-2-3-4-5-6-7-8-9-10-11-12-13-14-15-16-17-18(19)20/h10-11H,2-9,12-17H2,1H3,(H,19,20)/b11-10-. The Morgan fingerprint density at radius 3 is 1.70 bits per heavy atom. The zero-order chi connectivity index (χ0) is 14.9. The Kier molecular flexibility index (Phi) is 15.6. The van der Waals surface area contributed by atoms with Crippen LogP contribution in [0.4, 0.5) is 0 Å². The number of carboxylic acid groups (broad SMARTS) is 1. The van der Waals surface area contributed by atoms with E-state index in [2.05, 4.69) is 19.1 Å². The second kappa shape index (κ2) is 16.3. The molecule has 0 atom stereocenters. The molecule has 2 nitrogen and oxygen atoms in total. The van der Waals surface area contributed by atoms with Gasteiger partial charge in [-0.2, -0.15) is 0 Å². The van der Waals surface area contributed by atoms with Crippen LogP contribution in [0.2, 0.25) is 0 Å². The van der Waals surface area contributed by atoms with E-state index in [0.29, 0.717) is 6.42 Å². The molecule has 0 radical (unpaired) electrons. The predicted octanol–water partition coefficient (Wildman–Crippen LogP) is 6.11. The molecule has 0 rings (SSSR count). The number of hydrogen-bond acceptors (Lipinski definition) is 1. The monoisotopic (exact) mass is 282 g/mol. The number of hydrogen-bond donors (Lipinski definition) is 1. The highest BCUT2D eigenvalue weighted by Crippen LogP contribution is 2.09. The van der Waals surface area contributed by atoms with Gasteiger partial charge in [0.05, 0.1) is 0 Å². The Hall–Kier alpha value is -0.790. The fourth-order valence-corrected chi connectivity index (χ4v) is 2.35. The number of carboxylic acids is 1. The molecule has 0 saturated carbocycles. The minimum atomic E-state index is -0.667. The van der Waals surface area contributed by atoms with Crippen LogP contribution in [0.25, 0.3) is 0 Å².